The topological polar surface area (TPSA) is 26.3 Å². The lowest BCUT2D eigenvalue weighted by Crippen LogP contribution is -2.25. The van der Waals surface area contributed by atoms with Crippen molar-refractivity contribution in [3.05, 3.63) is 0 Å². The molecule has 0 saturated carbocycles. The highest BCUT2D eigenvalue weighted by atomic mass is 16.5. The zero-order chi connectivity index (χ0) is 9.45. The van der Waals surface area contributed by atoms with Crippen LogP contribution < -0.4 is 0 Å². The lowest BCUT2D eigenvalue weighted by atomic mass is 9.79. The van der Waals surface area contributed by atoms with E-state index in [4.69, 9.17) is 4.74 Å². The van der Waals surface area contributed by atoms with Gasteiger partial charge in [0.1, 0.15) is 0 Å². The second-order valence-electron chi connectivity index (χ2n) is 3.36. The van der Waals surface area contributed by atoms with E-state index in [2.05, 4.69) is 20.8 Å². The normalized spacial score (nSPS) is 11.2. The fourth-order valence-electron chi connectivity index (χ4n) is 1.62. The van der Waals surface area contributed by atoms with Crippen LogP contribution in [-0.4, -0.2) is 13.1 Å². The van der Waals surface area contributed by atoms with Crippen molar-refractivity contribution in [1.82, 2.24) is 0 Å². The summed E-state index contributed by atoms with van der Waals surface area (Å²) >= 11 is 0. The molecule has 2 heteroatoms. The van der Waals surface area contributed by atoms with Gasteiger partial charge in [-0.05, 0) is 19.3 Å². The Morgan fingerprint density at radius 3 is 2.17 bits per heavy atom. The maximum atomic E-state index is 10.1. The third-order valence-electron chi connectivity index (χ3n) is 2.74. The molecular weight excluding hydrogens is 152 g/mol. The molecule has 12 heavy (non-hydrogen) atoms. The van der Waals surface area contributed by atoms with Crippen molar-refractivity contribution in [2.24, 2.45) is 5.41 Å². The van der Waals surface area contributed by atoms with Gasteiger partial charge in [0.15, 0.2) is 0 Å². The molecule has 0 heterocycles. The van der Waals surface area contributed by atoms with Gasteiger partial charge in [-0.15, -0.1) is 0 Å². The molecule has 0 N–H and O–H groups in total. The maximum absolute atomic E-state index is 10.1. The first-order chi connectivity index (χ1) is 5.74. The third kappa shape index (κ3) is 3.24. The molecule has 0 aromatic rings. The summed E-state index contributed by atoms with van der Waals surface area (Å²) in [5, 5.41) is 0. The standard InChI is InChI=1S/C10H20O2/c1-4-7-10(5-2,6-3)8-12-9-11/h9H,4-8H2,1-3H3. The van der Waals surface area contributed by atoms with Crippen molar-refractivity contribution in [1.29, 1.82) is 0 Å². The van der Waals surface area contributed by atoms with Crippen molar-refractivity contribution in [2.45, 2.75) is 46.5 Å². The minimum atomic E-state index is 0.232. The van der Waals surface area contributed by atoms with E-state index in [1.807, 2.05) is 0 Å². The van der Waals surface area contributed by atoms with E-state index in [9.17, 15) is 4.79 Å². The highest BCUT2D eigenvalue weighted by Crippen LogP contribution is 2.31. The summed E-state index contributed by atoms with van der Waals surface area (Å²) < 4.78 is 4.85. The number of carbonyl (C=O) groups excluding carboxylic acids is 1. The van der Waals surface area contributed by atoms with Gasteiger partial charge in [0.25, 0.3) is 6.47 Å². The van der Waals surface area contributed by atoms with Crippen LogP contribution in [0, 0.1) is 5.41 Å². The number of carbonyl (C=O) groups is 1. The summed E-state index contributed by atoms with van der Waals surface area (Å²) in [4.78, 5) is 10.1. The molecule has 0 atom stereocenters. The van der Waals surface area contributed by atoms with Crippen LogP contribution in [0.2, 0.25) is 0 Å². The van der Waals surface area contributed by atoms with Gasteiger partial charge < -0.3 is 4.74 Å². The Morgan fingerprint density at radius 1 is 1.25 bits per heavy atom. The molecule has 0 radical (unpaired) electrons. The van der Waals surface area contributed by atoms with E-state index in [1.165, 1.54) is 0 Å². The number of hydrogen-bond acceptors (Lipinski definition) is 2. The summed E-state index contributed by atoms with van der Waals surface area (Å²) in [6, 6.07) is 0. The SMILES string of the molecule is CCCC(CC)(CC)COC=O. The minimum absolute atomic E-state index is 0.232. The molecule has 0 aliphatic rings. The van der Waals surface area contributed by atoms with Crippen LogP contribution in [0.4, 0.5) is 0 Å². The van der Waals surface area contributed by atoms with E-state index in [0.29, 0.717) is 13.1 Å². The predicted octanol–water partition coefficient (Wildman–Crippen LogP) is 2.77. The predicted molar refractivity (Wildman–Crippen MR) is 49.9 cm³/mol. The highest BCUT2D eigenvalue weighted by molar-refractivity contribution is 5.37. The van der Waals surface area contributed by atoms with Crippen LogP contribution in [0.25, 0.3) is 0 Å². The number of ether oxygens (including phenoxy) is 1. The fraction of sp³-hybridized carbons (Fsp3) is 0.900. The molecule has 0 rings (SSSR count). The molecule has 0 aromatic heterocycles. The molecule has 0 saturated heterocycles. The Labute approximate surface area is 75.3 Å². The Balaban J connectivity index is 4.03. The lowest BCUT2D eigenvalue weighted by Gasteiger charge is -2.29. The molecule has 0 aromatic carbocycles. The molecule has 2 nitrogen and oxygen atoms in total. The van der Waals surface area contributed by atoms with Gasteiger partial charge in [-0.2, -0.15) is 0 Å². The lowest BCUT2D eigenvalue weighted by molar-refractivity contribution is -0.132. The van der Waals surface area contributed by atoms with Gasteiger partial charge in [-0.1, -0.05) is 27.2 Å². The van der Waals surface area contributed by atoms with Gasteiger partial charge in [-0.3, -0.25) is 4.79 Å². The first kappa shape index (κ1) is 11.5. The van der Waals surface area contributed by atoms with Crippen LogP contribution >= 0.6 is 0 Å². The molecule has 0 aliphatic heterocycles. The van der Waals surface area contributed by atoms with Gasteiger partial charge in [-0.25, -0.2) is 0 Å². The number of hydrogen-bond donors (Lipinski definition) is 0. The largest absolute Gasteiger partial charge is 0.467 e. The van der Waals surface area contributed by atoms with E-state index in [1.54, 1.807) is 0 Å². The number of rotatable bonds is 7. The van der Waals surface area contributed by atoms with Gasteiger partial charge >= 0.3 is 0 Å². The summed E-state index contributed by atoms with van der Waals surface area (Å²) in [5.41, 5.74) is 0.232. The highest BCUT2D eigenvalue weighted by Gasteiger charge is 2.25. The monoisotopic (exact) mass is 172 g/mol. The second kappa shape index (κ2) is 6.04. The molecular formula is C10H20O2. The van der Waals surface area contributed by atoms with Gasteiger partial charge in [0, 0.05) is 5.41 Å². The van der Waals surface area contributed by atoms with Crippen molar-refractivity contribution in [3.63, 3.8) is 0 Å². The Morgan fingerprint density at radius 2 is 1.83 bits per heavy atom. The first-order valence-electron chi connectivity index (χ1n) is 4.80. The summed E-state index contributed by atoms with van der Waals surface area (Å²) in [5.74, 6) is 0. The average molecular weight is 172 g/mol. The molecule has 72 valence electrons. The maximum Gasteiger partial charge on any atom is 0.293 e. The van der Waals surface area contributed by atoms with Crippen LogP contribution in [0.15, 0.2) is 0 Å². The smallest absolute Gasteiger partial charge is 0.293 e. The van der Waals surface area contributed by atoms with Crippen LogP contribution in [0.5, 0.6) is 0 Å². The third-order valence-corrected chi connectivity index (χ3v) is 2.74. The van der Waals surface area contributed by atoms with Crippen molar-refractivity contribution in [2.75, 3.05) is 6.61 Å². The Kier molecular flexibility index (Phi) is 5.77. The Bertz CT molecular complexity index is 117. The molecule has 0 spiro atoms. The molecule has 0 bridgehead atoms. The van der Waals surface area contributed by atoms with E-state index < -0.39 is 0 Å². The quantitative estimate of drug-likeness (QED) is 0.552. The van der Waals surface area contributed by atoms with Crippen LogP contribution in [0.3, 0.4) is 0 Å². The average Bonchev–Trinajstić information content (AvgIpc) is 2.13. The first-order valence-corrected chi connectivity index (χ1v) is 4.80. The van der Waals surface area contributed by atoms with E-state index in [-0.39, 0.29) is 5.41 Å². The Hall–Kier alpha value is -0.530. The van der Waals surface area contributed by atoms with Crippen molar-refractivity contribution >= 4 is 6.47 Å². The van der Waals surface area contributed by atoms with Crippen LogP contribution in [-0.2, 0) is 9.53 Å². The second-order valence-corrected chi connectivity index (χ2v) is 3.36. The molecule has 0 fully saturated rings. The fourth-order valence-corrected chi connectivity index (χ4v) is 1.62. The van der Waals surface area contributed by atoms with Crippen LogP contribution in [0.1, 0.15) is 46.5 Å². The summed E-state index contributed by atoms with van der Waals surface area (Å²) in [7, 11) is 0. The van der Waals surface area contributed by atoms with E-state index in [0.717, 1.165) is 25.7 Å². The van der Waals surface area contributed by atoms with Crippen molar-refractivity contribution < 1.29 is 9.53 Å². The van der Waals surface area contributed by atoms with Gasteiger partial charge in [0.05, 0.1) is 6.61 Å². The molecule has 0 aliphatic carbocycles. The zero-order valence-corrected chi connectivity index (χ0v) is 8.43. The summed E-state index contributed by atoms with van der Waals surface area (Å²) in [6.45, 7) is 7.62. The minimum Gasteiger partial charge on any atom is -0.467 e. The molecule has 0 unspecified atom stereocenters. The van der Waals surface area contributed by atoms with Crippen molar-refractivity contribution in [3.8, 4) is 0 Å². The molecule has 0 amide bonds. The van der Waals surface area contributed by atoms with Gasteiger partial charge in [0.2, 0.25) is 0 Å². The zero-order valence-electron chi connectivity index (χ0n) is 8.43. The van der Waals surface area contributed by atoms with E-state index >= 15 is 0 Å². The summed E-state index contributed by atoms with van der Waals surface area (Å²) in [6.07, 6.45) is 4.48.